The fraction of sp³-hybridized carbons (Fsp3) is 0.312. The second-order valence-corrected chi connectivity index (χ2v) is 5.07. The molecule has 0 radical (unpaired) electrons. The van der Waals surface area contributed by atoms with Crippen LogP contribution in [-0.2, 0) is 6.42 Å². The first-order valence-corrected chi connectivity index (χ1v) is 6.88. The molecule has 21 heavy (non-hydrogen) atoms. The largest absolute Gasteiger partial charge is 0.396 e. The van der Waals surface area contributed by atoms with Crippen molar-refractivity contribution < 1.29 is 14.3 Å². The smallest absolute Gasteiger partial charge is 0.253 e. The number of H-pyrrole nitrogens is 1. The Balaban J connectivity index is 1.93. The van der Waals surface area contributed by atoms with E-state index in [0.717, 1.165) is 5.69 Å². The van der Waals surface area contributed by atoms with E-state index in [9.17, 15) is 14.3 Å². The summed E-state index contributed by atoms with van der Waals surface area (Å²) in [5.41, 5.74) is 1.92. The average Bonchev–Trinajstić information content (AvgIpc) is 2.91. The number of nitrogens with one attached hydrogen (secondary N) is 2. The highest BCUT2D eigenvalue weighted by atomic mass is 19.1. The van der Waals surface area contributed by atoms with E-state index in [0.29, 0.717) is 24.1 Å². The lowest BCUT2D eigenvalue weighted by molar-refractivity contribution is 0.0939. The summed E-state index contributed by atoms with van der Waals surface area (Å²) in [5.74, 6) is -0.699. The van der Waals surface area contributed by atoms with Crippen LogP contribution < -0.4 is 5.32 Å². The van der Waals surface area contributed by atoms with Gasteiger partial charge in [0, 0.05) is 31.0 Å². The Morgan fingerprint density at radius 1 is 1.38 bits per heavy atom. The molecule has 0 aliphatic heterocycles. The number of aliphatic hydroxyl groups excluding tert-OH is 1. The lowest BCUT2D eigenvalue weighted by atomic mass is 9.99. The van der Waals surface area contributed by atoms with Crippen molar-refractivity contribution in [1.29, 1.82) is 0 Å². The molecule has 0 aliphatic rings. The van der Waals surface area contributed by atoms with Crippen molar-refractivity contribution >= 4 is 5.91 Å². The number of aromatic amines is 1. The summed E-state index contributed by atoms with van der Waals surface area (Å²) in [6.45, 7) is 2.01. The van der Waals surface area contributed by atoms with E-state index < -0.39 is 0 Å². The number of benzene rings is 1. The number of hydrogen-bond donors (Lipinski definition) is 3. The van der Waals surface area contributed by atoms with Crippen molar-refractivity contribution in [3.8, 4) is 0 Å². The maximum Gasteiger partial charge on any atom is 0.253 e. The SMILES string of the molecule is Cc1[nH]ccc1C(=O)NC[C@H](CO)Cc1ccccc1F. The van der Waals surface area contributed by atoms with E-state index in [1.54, 1.807) is 30.5 Å². The molecule has 0 saturated carbocycles. The van der Waals surface area contributed by atoms with Crippen molar-refractivity contribution in [2.24, 2.45) is 5.92 Å². The van der Waals surface area contributed by atoms with Gasteiger partial charge in [-0.25, -0.2) is 4.39 Å². The summed E-state index contributed by atoms with van der Waals surface area (Å²) in [7, 11) is 0. The molecular weight excluding hydrogens is 271 g/mol. The van der Waals surface area contributed by atoms with Gasteiger partial charge in [0.25, 0.3) is 5.91 Å². The molecule has 0 unspecified atom stereocenters. The van der Waals surface area contributed by atoms with E-state index in [1.807, 2.05) is 6.92 Å². The molecule has 0 spiro atoms. The topological polar surface area (TPSA) is 65.1 Å². The number of aliphatic hydroxyl groups is 1. The van der Waals surface area contributed by atoms with Gasteiger partial charge in [0.15, 0.2) is 0 Å². The van der Waals surface area contributed by atoms with Gasteiger partial charge < -0.3 is 15.4 Å². The molecule has 1 atom stereocenters. The molecule has 2 aromatic rings. The molecule has 1 aromatic carbocycles. The van der Waals surface area contributed by atoms with Crippen LogP contribution >= 0.6 is 0 Å². The van der Waals surface area contributed by atoms with E-state index >= 15 is 0 Å². The Hall–Kier alpha value is -2.14. The van der Waals surface area contributed by atoms with Crippen LogP contribution in [0.15, 0.2) is 36.5 Å². The minimum absolute atomic E-state index is 0.110. The second kappa shape index (κ2) is 7.04. The van der Waals surface area contributed by atoms with Crippen molar-refractivity contribution in [3.63, 3.8) is 0 Å². The maximum atomic E-state index is 13.6. The first kappa shape index (κ1) is 15.3. The molecular formula is C16H19FN2O2. The molecule has 1 aromatic heterocycles. The van der Waals surface area contributed by atoms with Gasteiger partial charge >= 0.3 is 0 Å². The third-order valence-electron chi connectivity index (χ3n) is 3.47. The number of amides is 1. The molecule has 0 bridgehead atoms. The fourth-order valence-corrected chi connectivity index (χ4v) is 2.21. The number of aryl methyl sites for hydroxylation is 1. The Morgan fingerprint density at radius 3 is 2.76 bits per heavy atom. The number of aromatic nitrogens is 1. The number of carbonyl (C=O) groups excluding carboxylic acids is 1. The van der Waals surface area contributed by atoms with Crippen LogP contribution in [0.4, 0.5) is 4.39 Å². The Labute approximate surface area is 123 Å². The van der Waals surface area contributed by atoms with Gasteiger partial charge in [-0.15, -0.1) is 0 Å². The van der Waals surface area contributed by atoms with Gasteiger partial charge in [0.05, 0.1) is 5.56 Å². The summed E-state index contributed by atoms with van der Waals surface area (Å²) < 4.78 is 13.6. The number of halogens is 1. The average molecular weight is 290 g/mol. The summed E-state index contributed by atoms with van der Waals surface area (Å²) in [4.78, 5) is 14.9. The maximum absolute atomic E-state index is 13.6. The predicted molar refractivity (Wildman–Crippen MR) is 78.5 cm³/mol. The highest BCUT2D eigenvalue weighted by Crippen LogP contribution is 2.12. The quantitative estimate of drug-likeness (QED) is 0.762. The molecule has 112 valence electrons. The lowest BCUT2D eigenvalue weighted by Crippen LogP contribution is -2.32. The lowest BCUT2D eigenvalue weighted by Gasteiger charge is -2.15. The molecule has 3 N–H and O–H groups in total. The highest BCUT2D eigenvalue weighted by molar-refractivity contribution is 5.95. The zero-order chi connectivity index (χ0) is 15.2. The Kier molecular flexibility index (Phi) is 5.11. The molecule has 0 saturated heterocycles. The number of hydrogen-bond acceptors (Lipinski definition) is 2. The van der Waals surface area contributed by atoms with Crippen molar-refractivity contribution in [1.82, 2.24) is 10.3 Å². The van der Waals surface area contributed by atoms with Gasteiger partial charge in [-0.2, -0.15) is 0 Å². The van der Waals surface area contributed by atoms with E-state index in [2.05, 4.69) is 10.3 Å². The van der Waals surface area contributed by atoms with Crippen LogP contribution in [0.25, 0.3) is 0 Å². The second-order valence-electron chi connectivity index (χ2n) is 5.07. The molecule has 1 heterocycles. The zero-order valence-electron chi connectivity index (χ0n) is 11.9. The minimum atomic E-state index is -0.288. The van der Waals surface area contributed by atoms with Crippen LogP contribution in [0, 0.1) is 18.7 Å². The summed E-state index contributed by atoms with van der Waals surface area (Å²) in [5, 5.41) is 12.2. The van der Waals surface area contributed by atoms with Crippen molar-refractivity contribution in [3.05, 3.63) is 59.2 Å². The van der Waals surface area contributed by atoms with E-state index in [-0.39, 0.29) is 24.2 Å². The summed E-state index contributed by atoms with van der Waals surface area (Å²) in [6, 6.07) is 8.18. The van der Waals surface area contributed by atoms with Crippen molar-refractivity contribution in [2.45, 2.75) is 13.3 Å². The Bertz CT molecular complexity index is 610. The third kappa shape index (κ3) is 3.92. The number of rotatable bonds is 6. The third-order valence-corrected chi connectivity index (χ3v) is 3.47. The van der Waals surface area contributed by atoms with E-state index in [1.165, 1.54) is 6.07 Å². The Morgan fingerprint density at radius 2 is 2.14 bits per heavy atom. The molecule has 5 heteroatoms. The van der Waals surface area contributed by atoms with Crippen LogP contribution in [0.2, 0.25) is 0 Å². The fourth-order valence-electron chi connectivity index (χ4n) is 2.21. The van der Waals surface area contributed by atoms with Gasteiger partial charge in [-0.05, 0) is 31.0 Å². The zero-order valence-corrected chi connectivity index (χ0v) is 11.9. The molecule has 4 nitrogen and oxygen atoms in total. The summed E-state index contributed by atoms with van der Waals surface area (Å²) >= 11 is 0. The minimum Gasteiger partial charge on any atom is -0.396 e. The van der Waals surface area contributed by atoms with Crippen LogP contribution in [0.5, 0.6) is 0 Å². The predicted octanol–water partition coefficient (Wildman–Crippen LogP) is 2.04. The normalized spacial score (nSPS) is 12.1. The van der Waals surface area contributed by atoms with Gasteiger partial charge in [-0.1, -0.05) is 18.2 Å². The highest BCUT2D eigenvalue weighted by Gasteiger charge is 2.15. The number of carbonyl (C=O) groups is 1. The monoisotopic (exact) mass is 290 g/mol. The van der Waals surface area contributed by atoms with Gasteiger partial charge in [-0.3, -0.25) is 4.79 Å². The van der Waals surface area contributed by atoms with Crippen molar-refractivity contribution in [2.75, 3.05) is 13.2 Å². The molecule has 1 amide bonds. The van der Waals surface area contributed by atoms with E-state index in [4.69, 9.17) is 0 Å². The molecule has 0 aliphatic carbocycles. The van der Waals surface area contributed by atoms with Crippen LogP contribution in [0.3, 0.4) is 0 Å². The molecule has 2 rings (SSSR count). The first-order chi connectivity index (χ1) is 10.1. The first-order valence-electron chi connectivity index (χ1n) is 6.88. The molecule has 0 fully saturated rings. The van der Waals surface area contributed by atoms with Gasteiger partial charge in [0.1, 0.15) is 5.82 Å². The van der Waals surface area contributed by atoms with Crippen LogP contribution in [0.1, 0.15) is 21.6 Å². The van der Waals surface area contributed by atoms with Gasteiger partial charge in [0.2, 0.25) is 0 Å². The van der Waals surface area contributed by atoms with Crippen LogP contribution in [-0.4, -0.2) is 29.1 Å². The standard InChI is InChI=1S/C16H19FN2O2/c1-11-14(6-7-18-11)16(21)19-9-12(10-20)8-13-4-2-3-5-15(13)17/h2-7,12,18,20H,8-10H2,1H3,(H,19,21)/t12-/m1/s1. The summed E-state index contributed by atoms with van der Waals surface area (Å²) in [6.07, 6.45) is 2.09.